The van der Waals surface area contributed by atoms with Gasteiger partial charge in [0.15, 0.2) is 0 Å². The summed E-state index contributed by atoms with van der Waals surface area (Å²) in [5.74, 6) is -0.890. The quantitative estimate of drug-likeness (QED) is 0.674. The zero-order valence-electron chi connectivity index (χ0n) is 9.13. The van der Waals surface area contributed by atoms with Crippen molar-refractivity contribution in [3.8, 4) is 0 Å². The first kappa shape index (κ1) is 11.0. The lowest BCUT2D eigenvalue weighted by Gasteiger charge is -2.30. The van der Waals surface area contributed by atoms with Crippen molar-refractivity contribution in [2.75, 3.05) is 19.6 Å². The van der Waals surface area contributed by atoms with Gasteiger partial charge in [-0.25, -0.2) is 9.59 Å². The van der Waals surface area contributed by atoms with E-state index in [1.807, 2.05) is 12.2 Å². The summed E-state index contributed by atoms with van der Waals surface area (Å²) in [4.78, 5) is 26.2. The number of rotatable bonds is 1. The Morgan fingerprint density at radius 3 is 2.69 bits per heavy atom. The summed E-state index contributed by atoms with van der Waals surface area (Å²) < 4.78 is 0. The smallest absolute Gasteiger partial charge is 0.326 e. The van der Waals surface area contributed by atoms with E-state index in [0.29, 0.717) is 26.1 Å². The molecule has 1 atom stereocenters. The molecule has 2 heterocycles. The molecule has 88 valence electrons. The van der Waals surface area contributed by atoms with Gasteiger partial charge in [0.2, 0.25) is 0 Å². The van der Waals surface area contributed by atoms with Crippen LogP contribution in [0.25, 0.3) is 0 Å². The van der Waals surface area contributed by atoms with Gasteiger partial charge >= 0.3 is 12.0 Å². The third-order valence-electron chi connectivity index (χ3n) is 3.11. The van der Waals surface area contributed by atoms with Crippen molar-refractivity contribution in [2.24, 2.45) is 0 Å². The summed E-state index contributed by atoms with van der Waals surface area (Å²) in [5.41, 5.74) is 0. The van der Waals surface area contributed by atoms with E-state index in [2.05, 4.69) is 0 Å². The molecule has 0 aromatic carbocycles. The van der Waals surface area contributed by atoms with Gasteiger partial charge in [-0.1, -0.05) is 12.2 Å². The average molecular weight is 224 g/mol. The fourth-order valence-electron chi connectivity index (χ4n) is 2.25. The second-order valence-corrected chi connectivity index (χ2v) is 4.18. The number of hydrogen-bond donors (Lipinski definition) is 1. The molecule has 1 unspecified atom stereocenters. The third kappa shape index (κ3) is 2.03. The van der Waals surface area contributed by atoms with Crippen LogP contribution in [0.3, 0.4) is 0 Å². The summed E-state index contributed by atoms with van der Waals surface area (Å²) in [6.45, 7) is 1.86. The molecule has 0 aromatic rings. The maximum atomic E-state index is 12.1. The molecular weight excluding hydrogens is 208 g/mol. The normalized spacial score (nSPS) is 24.9. The molecule has 2 amide bonds. The van der Waals surface area contributed by atoms with E-state index >= 15 is 0 Å². The van der Waals surface area contributed by atoms with Crippen LogP contribution in [-0.4, -0.2) is 52.6 Å². The maximum Gasteiger partial charge on any atom is 0.326 e. The molecule has 0 aliphatic carbocycles. The predicted octanol–water partition coefficient (Wildman–Crippen LogP) is 0.917. The molecule has 5 heteroatoms. The molecule has 0 bridgehead atoms. The Kier molecular flexibility index (Phi) is 3.12. The van der Waals surface area contributed by atoms with Gasteiger partial charge in [-0.05, 0) is 19.3 Å². The van der Waals surface area contributed by atoms with Gasteiger partial charge in [0.05, 0.1) is 0 Å². The van der Waals surface area contributed by atoms with E-state index < -0.39 is 12.0 Å². The minimum Gasteiger partial charge on any atom is -0.480 e. The molecule has 2 aliphatic rings. The molecular formula is C11H16N2O3. The van der Waals surface area contributed by atoms with Crippen LogP contribution < -0.4 is 0 Å². The molecule has 2 aliphatic heterocycles. The number of carboxylic acid groups (broad SMARTS) is 1. The first-order chi connectivity index (χ1) is 7.70. The molecule has 16 heavy (non-hydrogen) atoms. The second kappa shape index (κ2) is 4.55. The summed E-state index contributed by atoms with van der Waals surface area (Å²) in [6, 6.07) is -0.757. The fraction of sp³-hybridized carbons (Fsp3) is 0.636. The SMILES string of the molecule is O=C(O)C1CCCN1C(=O)N1CC=CCC1. The summed E-state index contributed by atoms with van der Waals surface area (Å²) in [7, 11) is 0. The number of carbonyl (C=O) groups excluding carboxylic acids is 1. The average Bonchev–Trinajstić information content (AvgIpc) is 2.78. The van der Waals surface area contributed by atoms with Crippen LogP contribution in [-0.2, 0) is 4.79 Å². The van der Waals surface area contributed by atoms with Gasteiger partial charge in [-0.15, -0.1) is 0 Å². The minimum absolute atomic E-state index is 0.130. The lowest BCUT2D eigenvalue weighted by atomic mass is 10.2. The maximum absolute atomic E-state index is 12.1. The number of likely N-dealkylation sites (tertiary alicyclic amines) is 1. The highest BCUT2D eigenvalue weighted by Crippen LogP contribution is 2.20. The Balaban J connectivity index is 2.03. The number of urea groups is 1. The van der Waals surface area contributed by atoms with Crippen molar-refractivity contribution in [3.05, 3.63) is 12.2 Å². The Bertz CT molecular complexity index is 327. The Labute approximate surface area is 94.3 Å². The fourth-order valence-corrected chi connectivity index (χ4v) is 2.25. The highest BCUT2D eigenvalue weighted by atomic mass is 16.4. The largest absolute Gasteiger partial charge is 0.480 e. The second-order valence-electron chi connectivity index (χ2n) is 4.18. The summed E-state index contributed by atoms with van der Waals surface area (Å²) in [6.07, 6.45) is 6.21. The van der Waals surface area contributed by atoms with E-state index in [0.717, 1.165) is 12.8 Å². The van der Waals surface area contributed by atoms with Gasteiger partial charge in [0, 0.05) is 19.6 Å². The van der Waals surface area contributed by atoms with Crippen LogP contribution in [0.1, 0.15) is 19.3 Å². The number of carboxylic acids is 1. The van der Waals surface area contributed by atoms with Crippen molar-refractivity contribution in [2.45, 2.75) is 25.3 Å². The van der Waals surface area contributed by atoms with Crippen molar-refractivity contribution >= 4 is 12.0 Å². The number of aliphatic carboxylic acids is 1. The van der Waals surface area contributed by atoms with E-state index in [1.165, 1.54) is 4.90 Å². The van der Waals surface area contributed by atoms with Crippen LogP contribution in [0.4, 0.5) is 4.79 Å². The van der Waals surface area contributed by atoms with Crippen molar-refractivity contribution in [3.63, 3.8) is 0 Å². The van der Waals surface area contributed by atoms with E-state index in [-0.39, 0.29) is 6.03 Å². The topological polar surface area (TPSA) is 60.9 Å². The van der Waals surface area contributed by atoms with Crippen molar-refractivity contribution in [1.82, 2.24) is 9.80 Å². The van der Waals surface area contributed by atoms with Gasteiger partial charge in [0.25, 0.3) is 0 Å². The van der Waals surface area contributed by atoms with Crippen LogP contribution in [0.5, 0.6) is 0 Å². The molecule has 2 rings (SSSR count). The molecule has 0 saturated carbocycles. The molecule has 1 saturated heterocycles. The van der Waals surface area contributed by atoms with E-state index in [4.69, 9.17) is 5.11 Å². The molecule has 1 N–H and O–H groups in total. The van der Waals surface area contributed by atoms with Crippen molar-refractivity contribution in [1.29, 1.82) is 0 Å². The predicted molar refractivity (Wildman–Crippen MR) is 58.1 cm³/mol. The highest BCUT2D eigenvalue weighted by Gasteiger charge is 2.35. The zero-order valence-corrected chi connectivity index (χ0v) is 9.13. The van der Waals surface area contributed by atoms with Crippen molar-refractivity contribution < 1.29 is 14.7 Å². The zero-order chi connectivity index (χ0) is 11.5. The lowest BCUT2D eigenvalue weighted by Crippen LogP contribution is -2.48. The molecule has 0 aromatic heterocycles. The Hall–Kier alpha value is -1.52. The molecule has 1 fully saturated rings. The number of carbonyl (C=O) groups is 2. The Morgan fingerprint density at radius 2 is 2.06 bits per heavy atom. The monoisotopic (exact) mass is 224 g/mol. The van der Waals surface area contributed by atoms with Gasteiger partial charge < -0.3 is 14.9 Å². The number of hydrogen-bond acceptors (Lipinski definition) is 2. The minimum atomic E-state index is -0.890. The third-order valence-corrected chi connectivity index (χ3v) is 3.11. The first-order valence-electron chi connectivity index (χ1n) is 5.63. The van der Waals surface area contributed by atoms with Gasteiger partial charge in [-0.2, -0.15) is 0 Å². The van der Waals surface area contributed by atoms with Crippen LogP contribution in [0, 0.1) is 0 Å². The standard InChI is InChI=1S/C11H16N2O3/c14-10(15)9-5-4-8-13(9)11(16)12-6-2-1-3-7-12/h1-2,9H,3-8H2,(H,14,15). The summed E-state index contributed by atoms with van der Waals surface area (Å²) >= 11 is 0. The molecule has 5 nitrogen and oxygen atoms in total. The lowest BCUT2D eigenvalue weighted by molar-refractivity contribution is -0.141. The molecule has 0 spiro atoms. The van der Waals surface area contributed by atoms with E-state index in [9.17, 15) is 9.59 Å². The van der Waals surface area contributed by atoms with Gasteiger partial charge in [0.1, 0.15) is 6.04 Å². The number of nitrogens with zero attached hydrogens (tertiary/aromatic N) is 2. The Morgan fingerprint density at radius 1 is 1.25 bits per heavy atom. The van der Waals surface area contributed by atoms with Crippen LogP contribution in [0.2, 0.25) is 0 Å². The summed E-state index contributed by atoms with van der Waals surface area (Å²) in [5, 5.41) is 9.00. The molecule has 0 radical (unpaired) electrons. The van der Waals surface area contributed by atoms with E-state index in [1.54, 1.807) is 4.90 Å². The van der Waals surface area contributed by atoms with Gasteiger partial charge in [-0.3, -0.25) is 0 Å². The van der Waals surface area contributed by atoms with Crippen LogP contribution >= 0.6 is 0 Å². The van der Waals surface area contributed by atoms with Crippen LogP contribution in [0.15, 0.2) is 12.2 Å². The first-order valence-corrected chi connectivity index (χ1v) is 5.63. The number of amides is 2. The highest BCUT2D eigenvalue weighted by molar-refractivity contribution is 5.83.